The third-order valence-corrected chi connectivity index (χ3v) is 2.14. The van der Waals surface area contributed by atoms with E-state index < -0.39 is 0 Å². The molecule has 1 aliphatic rings. The summed E-state index contributed by atoms with van der Waals surface area (Å²) in [6.45, 7) is 3.04. The first kappa shape index (κ1) is 8.90. The average molecular weight is 174 g/mol. The number of rotatable bonds is 4. The van der Waals surface area contributed by atoms with Gasteiger partial charge in [0.1, 0.15) is 0 Å². The Balaban J connectivity index is 2.00. The van der Waals surface area contributed by atoms with Crippen molar-refractivity contribution in [1.82, 2.24) is 4.90 Å². The van der Waals surface area contributed by atoms with E-state index in [2.05, 4.69) is 4.90 Å². The highest BCUT2D eigenvalue weighted by molar-refractivity contribution is 7.80. The summed E-state index contributed by atoms with van der Waals surface area (Å²) in [5.74, 6) is 0. The molecule has 1 saturated heterocycles. The van der Waals surface area contributed by atoms with E-state index in [0.717, 1.165) is 26.1 Å². The summed E-state index contributed by atoms with van der Waals surface area (Å²) in [5.41, 5.74) is 5.36. The van der Waals surface area contributed by atoms with Crippen molar-refractivity contribution in [2.24, 2.45) is 5.73 Å². The molecular weight excluding hydrogens is 160 g/mol. The van der Waals surface area contributed by atoms with E-state index in [4.69, 9.17) is 22.7 Å². The summed E-state index contributed by atoms with van der Waals surface area (Å²) >= 11 is 4.76. The molecule has 1 heterocycles. The van der Waals surface area contributed by atoms with Gasteiger partial charge in [0.2, 0.25) is 0 Å². The van der Waals surface area contributed by atoms with Crippen molar-refractivity contribution in [3.63, 3.8) is 0 Å². The lowest BCUT2D eigenvalue weighted by molar-refractivity contribution is -0.0276. The normalized spacial score (nSPS) is 19.7. The largest absolute Gasteiger partial charge is 0.393 e. The van der Waals surface area contributed by atoms with Gasteiger partial charge in [-0.25, -0.2) is 0 Å². The third-order valence-electron chi connectivity index (χ3n) is 1.93. The zero-order valence-electron chi connectivity index (χ0n) is 6.75. The van der Waals surface area contributed by atoms with Gasteiger partial charge in [0.25, 0.3) is 0 Å². The first-order valence-electron chi connectivity index (χ1n) is 3.76. The van der Waals surface area contributed by atoms with Crippen LogP contribution in [0, 0.1) is 0 Å². The Kier molecular flexibility index (Phi) is 3.23. The molecule has 0 saturated carbocycles. The molecule has 3 nitrogen and oxygen atoms in total. The highest BCUT2D eigenvalue weighted by Crippen LogP contribution is 2.10. The lowest BCUT2D eigenvalue weighted by Crippen LogP contribution is -2.52. The number of ether oxygens (including phenoxy) is 1. The molecule has 0 unspecified atom stereocenters. The first-order valence-corrected chi connectivity index (χ1v) is 4.16. The van der Waals surface area contributed by atoms with Gasteiger partial charge in [0, 0.05) is 33.2 Å². The van der Waals surface area contributed by atoms with Crippen molar-refractivity contribution in [3.8, 4) is 0 Å². The summed E-state index contributed by atoms with van der Waals surface area (Å²) in [7, 11) is 1.75. The number of nitrogens with two attached hydrogens (primary N) is 1. The van der Waals surface area contributed by atoms with E-state index in [9.17, 15) is 0 Å². The predicted molar refractivity (Wildman–Crippen MR) is 48.6 cm³/mol. The monoisotopic (exact) mass is 174 g/mol. The average Bonchev–Trinajstić information content (AvgIpc) is 1.84. The van der Waals surface area contributed by atoms with Gasteiger partial charge in [0.05, 0.1) is 11.1 Å². The van der Waals surface area contributed by atoms with Crippen LogP contribution in [0.1, 0.15) is 6.42 Å². The summed E-state index contributed by atoms with van der Waals surface area (Å²) in [4.78, 5) is 2.89. The van der Waals surface area contributed by atoms with Crippen molar-refractivity contribution >= 4 is 17.2 Å². The summed E-state index contributed by atoms with van der Waals surface area (Å²) in [6, 6.07) is 0. The van der Waals surface area contributed by atoms with Crippen LogP contribution in [-0.4, -0.2) is 42.7 Å². The molecule has 1 aliphatic heterocycles. The van der Waals surface area contributed by atoms with Crippen LogP contribution in [0.2, 0.25) is 0 Å². The number of methoxy groups -OCH3 is 1. The lowest BCUT2D eigenvalue weighted by atomic mass is 10.1. The molecule has 0 spiro atoms. The molecule has 0 aromatic rings. The molecule has 0 aliphatic carbocycles. The van der Waals surface area contributed by atoms with Gasteiger partial charge in [-0.2, -0.15) is 0 Å². The maximum atomic E-state index is 5.36. The molecule has 4 heteroatoms. The fourth-order valence-corrected chi connectivity index (χ4v) is 1.21. The van der Waals surface area contributed by atoms with Gasteiger partial charge in [-0.3, -0.25) is 4.90 Å². The van der Waals surface area contributed by atoms with Crippen molar-refractivity contribution in [3.05, 3.63) is 0 Å². The zero-order valence-corrected chi connectivity index (χ0v) is 7.56. The maximum absolute atomic E-state index is 5.36. The predicted octanol–water partition coefficient (Wildman–Crippen LogP) is -0.00680. The van der Waals surface area contributed by atoms with Crippen LogP contribution in [-0.2, 0) is 4.74 Å². The van der Waals surface area contributed by atoms with Gasteiger partial charge < -0.3 is 10.5 Å². The molecular formula is C7H14N2OS. The van der Waals surface area contributed by atoms with Crippen molar-refractivity contribution in [2.45, 2.75) is 12.5 Å². The van der Waals surface area contributed by atoms with Crippen molar-refractivity contribution < 1.29 is 4.74 Å². The molecule has 0 radical (unpaired) electrons. The van der Waals surface area contributed by atoms with Crippen LogP contribution in [0.4, 0.5) is 0 Å². The van der Waals surface area contributed by atoms with E-state index >= 15 is 0 Å². The summed E-state index contributed by atoms with van der Waals surface area (Å²) in [6.07, 6.45) is 1.26. The second kappa shape index (κ2) is 3.99. The Hall–Kier alpha value is -0.190. The molecule has 0 aromatic heterocycles. The van der Waals surface area contributed by atoms with Crippen molar-refractivity contribution in [2.75, 3.05) is 26.7 Å². The number of likely N-dealkylation sites (tertiary alicyclic amines) is 1. The smallest absolute Gasteiger partial charge is 0.0824 e. The van der Waals surface area contributed by atoms with Crippen LogP contribution in [0.15, 0.2) is 0 Å². The highest BCUT2D eigenvalue weighted by atomic mass is 32.1. The van der Waals surface area contributed by atoms with Crippen molar-refractivity contribution in [1.29, 1.82) is 0 Å². The molecule has 64 valence electrons. The Morgan fingerprint density at radius 1 is 1.73 bits per heavy atom. The Morgan fingerprint density at radius 3 is 2.82 bits per heavy atom. The van der Waals surface area contributed by atoms with Gasteiger partial charge in [-0.1, -0.05) is 12.2 Å². The second-order valence-corrected chi connectivity index (χ2v) is 3.36. The van der Waals surface area contributed by atoms with Crippen LogP contribution in [0.5, 0.6) is 0 Å². The fraction of sp³-hybridized carbons (Fsp3) is 0.857. The molecule has 2 N–H and O–H groups in total. The molecule has 1 rings (SSSR count). The Bertz CT molecular complexity index is 145. The highest BCUT2D eigenvalue weighted by Gasteiger charge is 2.25. The molecule has 0 amide bonds. The van der Waals surface area contributed by atoms with E-state index in [1.54, 1.807) is 7.11 Å². The quantitative estimate of drug-likeness (QED) is 0.609. The molecule has 0 bridgehead atoms. The minimum Gasteiger partial charge on any atom is -0.393 e. The van der Waals surface area contributed by atoms with Gasteiger partial charge in [-0.05, 0) is 0 Å². The van der Waals surface area contributed by atoms with E-state index in [0.29, 0.717) is 11.1 Å². The van der Waals surface area contributed by atoms with Crippen LogP contribution < -0.4 is 5.73 Å². The first-order chi connectivity index (χ1) is 5.22. The minimum absolute atomic E-state index is 0.432. The summed E-state index contributed by atoms with van der Waals surface area (Å²) < 4.78 is 5.12. The van der Waals surface area contributed by atoms with E-state index in [1.807, 2.05) is 0 Å². The number of thiocarbonyl (C=S) groups is 1. The number of hydrogen-bond acceptors (Lipinski definition) is 3. The van der Waals surface area contributed by atoms with E-state index in [-0.39, 0.29) is 0 Å². The minimum atomic E-state index is 0.432. The lowest BCUT2D eigenvalue weighted by Gasteiger charge is -2.37. The fourth-order valence-electron chi connectivity index (χ4n) is 1.12. The number of hydrogen-bond donors (Lipinski definition) is 1. The molecule has 1 fully saturated rings. The topological polar surface area (TPSA) is 38.5 Å². The second-order valence-electron chi connectivity index (χ2n) is 2.83. The number of nitrogens with zero attached hydrogens (tertiary/aromatic N) is 1. The van der Waals surface area contributed by atoms with E-state index in [1.165, 1.54) is 0 Å². The van der Waals surface area contributed by atoms with Crippen LogP contribution in [0.25, 0.3) is 0 Å². The van der Waals surface area contributed by atoms with Gasteiger partial charge in [-0.15, -0.1) is 0 Å². The van der Waals surface area contributed by atoms with Crippen LogP contribution in [0.3, 0.4) is 0 Å². The molecule has 11 heavy (non-hydrogen) atoms. The summed E-state index contributed by atoms with van der Waals surface area (Å²) in [5, 5.41) is 0. The van der Waals surface area contributed by atoms with Gasteiger partial charge in [0.15, 0.2) is 0 Å². The SMILES string of the molecule is COC1CN(CCC(N)=S)C1. The Labute approximate surface area is 72.5 Å². The van der Waals surface area contributed by atoms with Crippen LogP contribution >= 0.6 is 12.2 Å². The zero-order chi connectivity index (χ0) is 8.27. The standard InChI is InChI=1S/C7H14N2OS/c1-10-6-4-9(5-6)3-2-7(8)11/h6H,2-5H2,1H3,(H2,8,11). The molecule has 0 atom stereocenters. The van der Waals surface area contributed by atoms with Gasteiger partial charge >= 0.3 is 0 Å². The maximum Gasteiger partial charge on any atom is 0.0824 e. The Morgan fingerprint density at radius 2 is 2.36 bits per heavy atom. The third kappa shape index (κ3) is 2.73. The molecule has 0 aromatic carbocycles.